The minimum absolute atomic E-state index is 0.0238. The second-order valence-electron chi connectivity index (χ2n) is 9.57. The fraction of sp³-hybridized carbons (Fsp3) is 0.440. The van der Waals surface area contributed by atoms with E-state index in [9.17, 15) is 22.4 Å². The zero-order valence-corrected chi connectivity index (χ0v) is 21.1. The minimum Gasteiger partial charge on any atom is -0.484 e. The summed E-state index contributed by atoms with van der Waals surface area (Å²) in [5.74, 6) is -0.571. The fourth-order valence-electron chi connectivity index (χ4n) is 4.48. The molecule has 194 valence electrons. The van der Waals surface area contributed by atoms with Crippen LogP contribution in [-0.2, 0) is 19.6 Å². The van der Waals surface area contributed by atoms with E-state index < -0.39 is 28.0 Å². The molecule has 0 aromatic heterocycles. The van der Waals surface area contributed by atoms with Crippen LogP contribution in [0.25, 0.3) is 0 Å². The molecule has 0 spiro atoms. The van der Waals surface area contributed by atoms with Crippen molar-refractivity contribution in [1.29, 1.82) is 0 Å². The number of anilines is 2. The molecule has 2 aromatic carbocycles. The van der Waals surface area contributed by atoms with E-state index in [0.717, 1.165) is 42.1 Å². The Kier molecular flexibility index (Phi) is 7.39. The normalized spacial score (nSPS) is 18.6. The van der Waals surface area contributed by atoms with Gasteiger partial charge < -0.3 is 14.8 Å². The lowest BCUT2D eigenvalue weighted by Crippen LogP contribution is -2.48. The van der Waals surface area contributed by atoms with E-state index in [1.54, 1.807) is 12.1 Å². The van der Waals surface area contributed by atoms with Crippen LogP contribution in [0.1, 0.15) is 39.5 Å². The Balaban J connectivity index is 1.58. The summed E-state index contributed by atoms with van der Waals surface area (Å²) in [7, 11) is -4.11. The highest BCUT2D eigenvalue weighted by Crippen LogP contribution is 2.40. The average Bonchev–Trinajstić information content (AvgIpc) is 3.28. The smallest absolute Gasteiger partial charge is 0.411 e. The van der Waals surface area contributed by atoms with Gasteiger partial charge in [0.1, 0.15) is 17.7 Å². The summed E-state index contributed by atoms with van der Waals surface area (Å²) in [6.45, 7) is 3.75. The maximum absolute atomic E-state index is 13.5. The first kappa shape index (κ1) is 25.7. The first-order chi connectivity index (χ1) is 17.1. The number of amides is 2. The van der Waals surface area contributed by atoms with Crippen molar-refractivity contribution in [2.75, 3.05) is 29.3 Å². The van der Waals surface area contributed by atoms with Crippen molar-refractivity contribution in [2.24, 2.45) is 5.41 Å². The Bertz CT molecular complexity index is 1230. The molecule has 2 N–H and O–H groups in total. The number of halogens is 1. The molecular formula is C25H30FN3O6S. The van der Waals surface area contributed by atoms with Crippen molar-refractivity contribution in [3.8, 4) is 5.75 Å². The van der Waals surface area contributed by atoms with Crippen molar-refractivity contribution in [2.45, 2.75) is 50.5 Å². The van der Waals surface area contributed by atoms with Crippen molar-refractivity contribution in [1.82, 2.24) is 5.32 Å². The molecule has 1 aliphatic carbocycles. The fourth-order valence-corrected chi connectivity index (χ4v) is 5.98. The van der Waals surface area contributed by atoms with Gasteiger partial charge in [-0.2, -0.15) is 0 Å². The average molecular weight is 520 g/mol. The summed E-state index contributed by atoms with van der Waals surface area (Å²) in [6, 6.07) is 9.14. The summed E-state index contributed by atoms with van der Waals surface area (Å²) >= 11 is 0. The second kappa shape index (κ2) is 10.3. The molecular weight excluding hydrogens is 489 g/mol. The third kappa shape index (κ3) is 5.89. The van der Waals surface area contributed by atoms with Crippen molar-refractivity contribution < 1.29 is 31.9 Å². The van der Waals surface area contributed by atoms with Gasteiger partial charge in [-0.25, -0.2) is 17.6 Å². The monoisotopic (exact) mass is 519 g/mol. The third-order valence-corrected chi connectivity index (χ3v) is 8.27. The molecule has 0 unspecified atom stereocenters. The molecule has 4 rings (SSSR count). The highest BCUT2D eigenvalue weighted by atomic mass is 32.2. The van der Waals surface area contributed by atoms with Crippen molar-refractivity contribution in [3.63, 3.8) is 0 Å². The number of hydrogen-bond donors (Lipinski definition) is 2. The van der Waals surface area contributed by atoms with Gasteiger partial charge in [0.15, 0.2) is 0 Å². The predicted molar refractivity (Wildman–Crippen MR) is 132 cm³/mol. The number of sulfonamides is 1. The van der Waals surface area contributed by atoms with Crippen molar-refractivity contribution >= 4 is 33.4 Å². The summed E-state index contributed by atoms with van der Waals surface area (Å²) in [4.78, 5) is 23.7. The van der Waals surface area contributed by atoms with Gasteiger partial charge in [0.05, 0.1) is 30.3 Å². The van der Waals surface area contributed by atoms with Crippen LogP contribution < -0.4 is 19.7 Å². The molecule has 0 bridgehead atoms. The zero-order valence-electron chi connectivity index (χ0n) is 20.3. The van der Waals surface area contributed by atoms with Gasteiger partial charge in [0, 0.05) is 18.0 Å². The molecule has 0 saturated heterocycles. The summed E-state index contributed by atoms with van der Waals surface area (Å²) in [5.41, 5.74) is 0.516. The lowest BCUT2D eigenvalue weighted by atomic mass is 9.90. The van der Waals surface area contributed by atoms with Crippen LogP contribution >= 0.6 is 0 Å². The van der Waals surface area contributed by atoms with Crippen LogP contribution in [0.2, 0.25) is 0 Å². The SMILES string of the molecule is CC(=O)NC[C@H]1CN(S(=O)(=O)c2ccc(F)cc2)c2cc(NC(=O)OCC3(C)CCCC3)ccc2O1. The number of fused-ring (bicyclic) bond motifs is 1. The third-order valence-electron chi connectivity index (χ3n) is 6.48. The maximum atomic E-state index is 13.5. The van der Waals surface area contributed by atoms with Gasteiger partial charge in [0.2, 0.25) is 5.91 Å². The molecule has 0 radical (unpaired) electrons. The second-order valence-corrected chi connectivity index (χ2v) is 11.4. The molecule has 2 aromatic rings. The first-order valence-electron chi connectivity index (χ1n) is 11.8. The highest BCUT2D eigenvalue weighted by Gasteiger charge is 2.35. The van der Waals surface area contributed by atoms with Crippen LogP contribution in [0, 0.1) is 11.2 Å². The Morgan fingerprint density at radius 1 is 1.17 bits per heavy atom. The van der Waals surface area contributed by atoms with Gasteiger partial charge in [-0.05, 0) is 55.3 Å². The van der Waals surface area contributed by atoms with E-state index in [0.29, 0.717) is 12.3 Å². The highest BCUT2D eigenvalue weighted by molar-refractivity contribution is 7.92. The van der Waals surface area contributed by atoms with E-state index in [4.69, 9.17) is 9.47 Å². The molecule has 9 nitrogen and oxygen atoms in total. The molecule has 36 heavy (non-hydrogen) atoms. The molecule has 1 aliphatic heterocycles. The van der Waals surface area contributed by atoms with Gasteiger partial charge in [-0.1, -0.05) is 19.8 Å². The standard InChI is InChI=1S/C25H30FN3O6S/c1-17(30)27-14-20-15-29(36(32,33)21-8-5-18(26)6-9-21)22-13-19(7-10-23(22)35-20)28-24(31)34-16-25(2)11-3-4-12-25/h5-10,13,20H,3-4,11-12,14-16H2,1-2H3,(H,27,30)(H,28,31)/t20-/m0/s1. The van der Waals surface area contributed by atoms with Crippen LogP contribution in [-0.4, -0.2) is 46.2 Å². The Morgan fingerprint density at radius 2 is 1.86 bits per heavy atom. The Hall–Kier alpha value is -3.34. The Labute approximate surface area is 210 Å². The quantitative estimate of drug-likeness (QED) is 0.571. The number of benzene rings is 2. The van der Waals surface area contributed by atoms with Crippen LogP contribution in [0.15, 0.2) is 47.4 Å². The van der Waals surface area contributed by atoms with E-state index >= 15 is 0 Å². The largest absolute Gasteiger partial charge is 0.484 e. The topological polar surface area (TPSA) is 114 Å². The van der Waals surface area contributed by atoms with Gasteiger partial charge in [-0.3, -0.25) is 14.4 Å². The van der Waals surface area contributed by atoms with E-state index in [-0.39, 0.29) is 40.7 Å². The molecule has 1 fully saturated rings. The number of carbonyl (C=O) groups is 2. The zero-order chi connectivity index (χ0) is 25.9. The van der Waals surface area contributed by atoms with Gasteiger partial charge in [0.25, 0.3) is 10.0 Å². The van der Waals surface area contributed by atoms with Crippen LogP contribution in [0.4, 0.5) is 20.6 Å². The van der Waals surface area contributed by atoms with Crippen LogP contribution in [0.5, 0.6) is 5.75 Å². The molecule has 1 heterocycles. The van der Waals surface area contributed by atoms with Crippen molar-refractivity contribution in [3.05, 3.63) is 48.3 Å². The predicted octanol–water partition coefficient (Wildman–Crippen LogP) is 4.05. The number of hydrogen-bond acceptors (Lipinski definition) is 6. The Morgan fingerprint density at radius 3 is 2.53 bits per heavy atom. The molecule has 11 heteroatoms. The lowest BCUT2D eigenvalue weighted by molar-refractivity contribution is -0.119. The summed E-state index contributed by atoms with van der Waals surface area (Å²) in [5, 5.41) is 5.29. The minimum atomic E-state index is -4.11. The number of carbonyl (C=O) groups excluding carboxylic acids is 2. The lowest BCUT2D eigenvalue weighted by Gasteiger charge is -2.35. The summed E-state index contributed by atoms with van der Waals surface area (Å²) in [6.07, 6.45) is 2.96. The van der Waals surface area contributed by atoms with Gasteiger partial charge in [-0.15, -0.1) is 0 Å². The molecule has 2 aliphatic rings. The number of ether oxygens (including phenoxy) is 2. The number of nitrogens with one attached hydrogen (secondary N) is 2. The van der Waals surface area contributed by atoms with E-state index in [1.165, 1.54) is 25.1 Å². The number of nitrogens with zero attached hydrogens (tertiary/aromatic N) is 1. The van der Waals surface area contributed by atoms with Gasteiger partial charge >= 0.3 is 6.09 Å². The first-order valence-corrected chi connectivity index (χ1v) is 13.3. The number of rotatable bonds is 7. The summed E-state index contributed by atoms with van der Waals surface area (Å²) < 4.78 is 53.0. The van der Waals surface area contributed by atoms with Crippen LogP contribution in [0.3, 0.4) is 0 Å². The maximum Gasteiger partial charge on any atom is 0.411 e. The van der Waals surface area contributed by atoms with E-state index in [2.05, 4.69) is 17.6 Å². The molecule has 2 amide bonds. The molecule has 1 atom stereocenters. The van der Waals surface area contributed by atoms with E-state index in [1.807, 2.05) is 0 Å². The molecule has 1 saturated carbocycles.